The predicted octanol–water partition coefficient (Wildman–Crippen LogP) is 2.84. The Balaban J connectivity index is 2.18. The molecule has 5 heteroatoms. The molecule has 1 saturated carbocycles. The van der Waals surface area contributed by atoms with Crippen LogP contribution in [0.5, 0.6) is 0 Å². The first kappa shape index (κ1) is 16.9. The number of ether oxygens (including phenoxy) is 1. The number of aromatic nitrogens is 2. The van der Waals surface area contributed by atoms with Crippen LogP contribution < -0.4 is 0 Å². The average molecular weight is 305 g/mol. The smallest absolute Gasteiger partial charge is 0.272 e. The maximum atomic E-state index is 12.7. The minimum atomic E-state index is -0.0308. The fraction of sp³-hybridized carbons (Fsp3) is 0.706. The van der Waals surface area contributed by atoms with E-state index in [0.717, 1.165) is 25.9 Å². The van der Waals surface area contributed by atoms with Crippen LogP contribution in [0.3, 0.4) is 0 Å². The van der Waals surface area contributed by atoms with Crippen LogP contribution in [0, 0.1) is 12.3 Å². The first-order valence-corrected chi connectivity index (χ1v) is 8.18. The predicted molar refractivity (Wildman–Crippen MR) is 85.7 cm³/mol. The molecule has 22 heavy (non-hydrogen) atoms. The molecule has 1 aromatic heterocycles. The zero-order valence-electron chi connectivity index (χ0n) is 14.3. The second kappa shape index (κ2) is 6.73. The summed E-state index contributed by atoms with van der Waals surface area (Å²) in [5.41, 5.74) is 0.527. The molecule has 1 aliphatic rings. The van der Waals surface area contributed by atoms with Crippen molar-refractivity contribution < 1.29 is 9.53 Å². The third-order valence-corrected chi connectivity index (χ3v) is 5.21. The van der Waals surface area contributed by atoms with Crippen LogP contribution in [0.4, 0.5) is 0 Å². The third kappa shape index (κ3) is 2.74. The van der Waals surface area contributed by atoms with Crippen molar-refractivity contribution in [2.75, 3.05) is 13.7 Å². The SMILES string of the molecule is CCO[C@@H]1C[C@H](N(C)C(=O)c2ccnc(C)n2)C1(CC)CC. The summed E-state index contributed by atoms with van der Waals surface area (Å²) in [4.78, 5) is 22.9. The normalized spacial score (nSPS) is 23.0. The highest BCUT2D eigenvalue weighted by Crippen LogP contribution is 2.51. The van der Waals surface area contributed by atoms with Crippen LogP contribution in [0.2, 0.25) is 0 Å². The van der Waals surface area contributed by atoms with Gasteiger partial charge in [0.25, 0.3) is 5.91 Å². The second-order valence-electron chi connectivity index (χ2n) is 6.04. The van der Waals surface area contributed by atoms with E-state index in [1.807, 2.05) is 18.9 Å². The van der Waals surface area contributed by atoms with E-state index in [4.69, 9.17) is 4.74 Å². The van der Waals surface area contributed by atoms with Gasteiger partial charge < -0.3 is 9.64 Å². The summed E-state index contributed by atoms with van der Waals surface area (Å²) in [7, 11) is 1.88. The molecule has 2 atom stereocenters. The molecule has 0 aromatic carbocycles. The first-order chi connectivity index (χ1) is 10.5. The zero-order chi connectivity index (χ0) is 16.3. The van der Waals surface area contributed by atoms with E-state index < -0.39 is 0 Å². The van der Waals surface area contributed by atoms with Gasteiger partial charge in [-0.1, -0.05) is 13.8 Å². The molecule has 1 fully saturated rings. The third-order valence-electron chi connectivity index (χ3n) is 5.21. The number of hydrogen-bond acceptors (Lipinski definition) is 4. The number of amides is 1. The van der Waals surface area contributed by atoms with Gasteiger partial charge in [-0.3, -0.25) is 4.79 Å². The summed E-state index contributed by atoms with van der Waals surface area (Å²) in [6, 6.07) is 1.89. The van der Waals surface area contributed by atoms with Crippen molar-refractivity contribution in [3.05, 3.63) is 23.8 Å². The van der Waals surface area contributed by atoms with E-state index in [1.165, 1.54) is 0 Å². The summed E-state index contributed by atoms with van der Waals surface area (Å²) in [5, 5.41) is 0. The Morgan fingerprint density at radius 2 is 2.09 bits per heavy atom. The average Bonchev–Trinajstić information content (AvgIpc) is 2.51. The van der Waals surface area contributed by atoms with E-state index in [0.29, 0.717) is 11.5 Å². The highest BCUT2D eigenvalue weighted by molar-refractivity contribution is 5.92. The van der Waals surface area contributed by atoms with E-state index in [1.54, 1.807) is 19.2 Å². The van der Waals surface area contributed by atoms with Crippen LogP contribution in [0.1, 0.15) is 56.3 Å². The molecule has 5 nitrogen and oxygen atoms in total. The molecule has 0 unspecified atom stereocenters. The Morgan fingerprint density at radius 1 is 1.41 bits per heavy atom. The van der Waals surface area contributed by atoms with Gasteiger partial charge in [0.15, 0.2) is 0 Å². The quantitative estimate of drug-likeness (QED) is 0.811. The molecule has 0 aliphatic heterocycles. The maximum absolute atomic E-state index is 12.7. The Morgan fingerprint density at radius 3 is 2.64 bits per heavy atom. The summed E-state index contributed by atoms with van der Waals surface area (Å²) >= 11 is 0. The Bertz CT molecular complexity index is 528. The second-order valence-corrected chi connectivity index (χ2v) is 6.04. The Labute approximate surface area is 133 Å². The summed E-state index contributed by atoms with van der Waals surface area (Å²) < 4.78 is 5.90. The van der Waals surface area contributed by atoms with Crippen molar-refractivity contribution in [3.8, 4) is 0 Å². The molecule has 0 radical (unpaired) electrons. The Kier molecular flexibility index (Phi) is 5.16. The van der Waals surface area contributed by atoms with Crippen molar-refractivity contribution in [3.63, 3.8) is 0 Å². The van der Waals surface area contributed by atoms with Crippen LogP contribution in [0.25, 0.3) is 0 Å². The number of carbonyl (C=O) groups excluding carboxylic acids is 1. The van der Waals surface area contributed by atoms with Crippen LogP contribution in [-0.4, -0.2) is 46.6 Å². The molecule has 0 bridgehead atoms. The molecule has 0 saturated heterocycles. The lowest BCUT2D eigenvalue weighted by atomic mass is 9.58. The van der Waals surface area contributed by atoms with Gasteiger partial charge >= 0.3 is 0 Å². The van der Waals surface area contributed by atoms with Crippen molar-refractivity contribution >= 4 is 5.91 Å². The van der Waals surface area contributed by atoms with Crippen molar-refractivity contribution in [1.29, 1.82) is 0 Å². The van der Waals surface area contributed by atoms with Gasteiger partial charge in [-0.15, -0.1) is 0 Å². The minimum Gasteiger partial charge on any atom is -0.378 e. The van der Waals surface area contributed by atoms with Crippen LogP contribution in [-0.2, 0) is 4.74 Å². The molecule has 2 rings (SSSR count). The van der Waals surface area contributed by atoms with Crippen LogP contribution >= 0.6 is 0 Å². The van der Waals surface area contributed by atoms with Gasteiger partial charge in [0.1, 0.15) is 11.5 Å². The highest BCUT2D eigenvalue weighted by Gasteiger charge is 2.55. The number of rotatable bonds is 6. The largest absolute Gasteiger partial charge is 0.378 e. The topological polar surface area (TPSA) is 55.3 Å². The first-order valence-electron chi connectivity index (χ1n) is 8.18. The van der Waals surface area contributed by atoms with E-state index in [-0.39, 0.29) is 23.5 Å². The summed E-state index contributed by atoms with van der Waals surface area (Å²) in [5.74, 6) is 0.592. The fourth-order valence-electron chi connectivity index (χ4n) is 3.78. The van der Waals surface area contributed by atoms with Crippen LogP contribution in [0.15, 0.2) is 12.3 Å². The van der Waals surface area contributed by atoms with Gasteiger partial charge in [-0.05, 0) is 39.2 Å². The molecule has 0 N–H and O–H groups in total. The molecule has 1 aliphatic carbocycles. The van der Waals surface area contributed by atoms with Gasteiger partial charge in [-0.2, -0.15) is 0 Å². The van der Waals surface area contributed by atoms with E-state index in [2.05, 4.69) is 23.8 Å². The number of aryl methyl sites for hydroxylation is 1. The standard InChI is InChI=1S/C17H27N3O2/c1-6-17(7-2)14(11-15(17)22-8-3)20(5)16(21)13-9-10-18-12(4)19-13/h9-10,14-15H,6-8,11H2,1-5H3/t14-,15+/m0/s1. The molecule has 1 amide bonds. The van der Waals surface area contributed by atoms with E-state index in [9.17, 15) is 4.79 Å². The molecule has 1 heterocycles. The molecular formula is C17H27N3O2. The fourth-order valence-corrected chi connectivity index (χ4v) is 3.78. The van der Waals surface area contributed by atoms with Gasteiger partial charge in [0, 0.05) is 31.3 Å². The number of nitrogens with zero attached hydrogens (tertiary/aromatic N) is 3. The number of hydrogen-bond donors (Lipinski definition) is 0. The minimum absolute atomic E-state index is 0.0308. The highest BCUT2D eigenvalue weighted by atomic mass is 16.5. The molecule has 122 valence electrons. The zero-order valence-corrected chi connectivity index (χ0v) is 14.3. The molecular weight excluding hydrogens is 278 g/mol. The maximum Gasteiger partial charge on any atom is 0.272 e. The lowest BCUT2D eigenvalue weighted by molar-refractivity contribution is -0.159. The van der Waals surface area contributed by atoms with Gasteiger partial charge in [0.05, 0.1) is 6.10 Å². The molecule has 0 spiro atoms. The van der Waals surface area contributed by atoms with Gasteiger partial charge in [0.2, 0.25) is 0 Å². The lowest BCUT2D eigenvalue weighted by Crippen LogP contribution is -2.64. The van der Waals surface area contributed by atoms with Crippen molar-refractivity contribution in [1.82, 2.24) is 14.9 Å². The summed E-state index contributed by atoms with van der Waals surface area (Å²) in [6.07, 6.45) is 4.82. The van der Waals surface area contributed by atoms with E-state index >= 15 is 0 Å². The van der Waals surface area contributed by atoms with Crippen molar-refractivity contribution in [2.24, 2.45) is 5.41 Å². The van der Waals surface area contributed by atoms with Gasteiger partial charge in [-0.25, -0.2) is 9.97 Å². The monoisotopic (exact) mass is 305 g/mol. The van der Waals surface area contributed by atoms with Crippen molar-refractivity contribution in [2.45, 2.75) is 59.1 Å². The lowest BCUT2D eigenvalue weighted by Gasteiger charge is -2.58. The molecule has 1 aromatic rings. The number of carbonyl (C=O) groups is 1. The summed E-state index contributed by atoms with van der Waals surface area (Å²) in [6.45, 7) is 8.93. The Hall–Kier alpha value is -1.49.